The van der Waals surface area contributed by atoms with Crippen molar-refractivity contribution in [1.82, 2.24) is 15.2 Å². The highest BCUT2D eigenvalue weighted by Crippen LogP contribution is 2.21. The smallest absolute Gasteiger partial charge is 0.293 e. The lowest BCUT2D eigenvalue weighted by Gasteiger charge is -2.04. The van der Waals surface area contributed by atoms with Gasteiger partial charge in [-0.15, -0.1) is 0 Å². The van der Waals surface area contributed by atoms with E-state index < -0.39 is 10.8 Å². The van der Waals surface area contributed by atoms with Crippen molar-refractivity contribution >= 4 is 17.3 Å². The van der Waals surface area contributed by atoms with Crippen LogP contribution in [0.25, 0.3) is 0 Å². The number of hydrogen-bond acceptors (Lipinski definition) is 6. The number of rotatable bonds is 3. The van der Waals surface area contributed by atoms with Crippen molar-refractivity contribution in [2.24, 2.45) is 0 Å². The van der Waals surface area contributed by atoms with Gasteiger partial charge in [-0.2, -0.15) is 10.4 Å². The highest BCUT2D eigenvalue weighted by atomic mass is 16.6. The van der Waals surface area contributed by atoms with Gasteiger partial charge < -0.3 is 5.32 Å². The molecular formula is C10H6N6O3. The van der Waals surface area contributed by atoms with E-state index in [1.165, 1.54) is 12.1 Å². The number of benzene rings is 1. The molecule has 2 rings (SSSR count). The van der Waals surface area contributed by atoms with Gasteiger partial charge in [-0.25, -0.2) is 4.98 Å². The van der Waals surface area contributed by atoms with Crippen molar-refractivity contribution in [3.8, 4) is 6.07 Å². The Hall–Kier alpha value is -3.28. The molecule has 0 saturated carbocycles. The first-order valence-electron chi connectivity index (χ1n) is 4.97. The Morgan fingerprint density at radius 3 is 2.89 bits per heavy atom. The summed E-state index contributed by atoms with van der Waals surface area (Å²) in [4.78, 5) is 25.3. The zero-order valence-electron chi connectivity index (χ0n) is 9.32. The lowest BCUT2D eigenvalue weighted by molar-refractivity contribution is -0.384. The van der Waals surface area contributed by atoms with Crippen LogP contribution in [0, 0.1) is 21.4 Å². The summed E-state index contributed by atoms with van der Waals surface area (Å²) in [6.07, 6.45) is 1.16. The topological polar surface area (TPSA) is 138 Å². The number of nitrogens with zero attached hydrogens (tertiary/aromatic N) is 4. The molecule has 0 atom stereocenters. The molecule has 2 aromatic rings. The van der Waals surface area contributed by atoms with Gasteiger partial charge in [0.25, 0.3) is 11.6 Å². The van der Waals surface area contributed by atoms with Gasteiger partial charge in [-0.05, 0) is 6.07 Å². The van der Waals surface area contributed by atoms with E-state index in [1.807, 2.05) is 0 Å². The number of nitro benzene ring substituents is 1. The van der Waals surface area contributed by atoms with Gasteiger partial charge in [0.2, 0.25) is 5.82 Å². The third-order valence-electron chi connectivity index (χ3n) is 2.21. The summed E-state index contributed by atoms with van der Waals surface area (Å²) in [5.74, 6) is -0.620. The molecule has 0 fully saturated rings. The van der Waals surface area contributed by atoms with Crippen LogP contribution in [0.1, 0.15) is 16.2 Å². The maximum Gasteiger partial charge on any atom is 0.293 e. The van der Waals surface area contributed by atoms with Crippen LogP contribution in [0.3, 0.4) is 0 Å². The minimum Gasteiger partial charge on any atom is -0.318 e. The van der Waals surface area contributed by atoms with Gasteiger partial charge in [0.15, 0.2) is 0 Å². The number of carbonyl (C=O) groups excluding carboxylic acids is 1. The minimum atomic E-state index is -0.622. The normalized spacial score (nSPS) is 9.63. The highest BCUT2D eigenvalue weighted by molar-refractivity contribution is 6.02. The molecule has 0 unspecified atom stereocenters. The van der Waals surface area contributed by atoms with Crippen LogP contribution in [-0.4, -0.2) is 26.0 Å². The molecule has 0 bridgehead atoms. The molecule has 0 saturated heterocycles. The SMILES string of the molecule is N#Cc1cc([N+](=O)[O-])ccc1NC(=O)c1ncn[nH]1. The zero-order chi connectivity index (χ0) is 13.8. The first kappa shape index (κ1) is 12.2. The first-order chi connectivity index (χ1) is 9.11. The minimum absolute atomic E-state index is 0.0120. The molecule has 1 amide bonds. The molecule has 1 aromatic carbocycles. The first-order valence-corrected chi connectivity index (χ1v) is 4.97. The van der Waals surface area contributed by atoms with Gasteiger partial charge >= 0.3 is 0 Å². The Balaban J connectivity index is 2.28. The largest absolute Gasteiger partial charge is 0.318 e. The van der Waals surface area contributed by atoms with Gasteiger partial charge in [-0.3, -0.25) is 20.0 Å². The second-order valence-electron chi connectivity index (χ2n) is 3.39. The number of carbonyl (C=O) groups is 1. The summed E-state index contributed by atoms with van der Waals surface area (Å²) in [5.41, 5.74) is -0.0780. The van der Waals surface area contributed by atoms with E-state index in [9.17, 15) is 14.9 Å². The van der Waals surface area contributed by atoms with Crippen LogP contribution >= 0.6 is 0 Å². The van der Waals surface area contributed by atoms with E-state index in [2.05, 4.69) is 20.5 Å². The van der Waals surface area contributed by atoms with Gasteiger partial charge in [0.05, 0.1) is 16.2 Å². The zero-order valence-corrected chi connectivity index (χ0v) is 9.32. The van der Waals surface area contributed by atoms with Crippen molar-refractivity contribution in [1.29, 1.82) is 5.26 Å². The number of nitrogens with one attached hydrogen (secondary N) is 2. The van der Waals surface area contributed by atoms with Crippen LogP contribution in [0.15, 0.2) is 24.5 Å². The molecule has 0 aliphatic heterocycles. The summed E-state index contributed by atoms with van der Waals surface area (Å²) in [6.45, 7) is 0. The lowest BCUT2D eigenvalue weighted by atomic mass is 10.1. The molecule has 9 heteroatoms. The van der Waals surface area contributed by atoms with Gasteiger partial charge in [0, 0.05) is 12.1 Å². The number of hydrogen-bond donors (Lipinski definition) is 2. The number of H-pyrrole nitrogens is 1. The number of anilines is 1. The molecule has 2 N–H and O–H groups in total. The highest BCUT2D eigenvalue weighted by Gasteiger charge is 2.14. The fourth-order valence-corrected chi connectivity index (χ4v) is 1.34. The fourth-order valence-electron chi connectivity index (χ4n) is 1.34. The Morgan fingerprint density at radius 1 is 1.53 bits per heavy atom. The molecule has 1 heterocycles. The second kappa shape index (κ2) is 4.92. The number of aromatic amines is 1. The van der Waals surface area contributed by atoms with Crippen LogP contribution < -0.4 is 5.32 Å². The van der Waals surface area contributed by atoms with Crippen LogP contribution in [-0.2, 0) is 0 Å². The van der Waals surface area contributed by atoms with E-state index >= 15 is 0 Å². The third-order valence-corrected chi connectivity index (χ3v) is 2.21. The Kier molecular flexibility index (Phi) is 3.16. The Labute approximate surface area is 106 Å². The molecule has 0 aliphatic carbocycles. The predicted octanol–water partition coefficient (Wildman–Crippen LogP) is 0.837. The Bertz CT molecular complexity index is 673. The van der Waals surface area contributed by atoms with E-state index in [0.717, 1.165) is 12.4 Å². The number of aromatic nitrogens is 3. The van der Waals surface area contributed by atoms with Gasteiger partial charge in [0.1, 0.15) is 12.4 Å². The fraction of sp³-hybridized carbons (Fsp3) is 0. The number of amides is 1. The van der Waals surface area contributed by atoms with E-state index in [4.69, 9.17) is 5.26 Å². The average Bonchev–Trinajstić information content (AvgIpc) is 2.92. The quantitative estimate of drug-likeness (QED) is 0.617. The van der Waals surface area contributed by atoms with Gasteiger partial charge in [-0.1, -0.05) is 0 Å². The number of nitriles is 1. The Morgan fingerprint density at radius 2 is 2.32 bits per heavy atom. The van der Waals surface area contributed by atoms with Crippen molar-refractivity contribution in [3.63, 3.8) is 0 Å². The van der Waals surface area contributed by atoms with Crippen molar-refractivity contribution < 1.29 is 9.72 Å². The average molecular weight is 258 g/mol. The summed E-state index contributed by atoms with van der Waals surface area (Å²) >= 11 is 0. The van der Waals surface area contributed by atoms with E-state index in [-0.39, 0.29) is 22.8 Å². The summed E-state index contributed by atoms with van der Waals surface area (Å²) in [7, 11) is 0. The van der Waals surface area contributed by atoms with Crippen LogP contribution in [0.2, 0.25) is 0 Å². The molecule has 9 nitrogen and oxygen atoms in total. The maximum absolute atomic E-state index is 11.7. The van der Waals surface area contributed by atoms with Crippen molar-refractivity contribution in [3.05, 3.63) is 46.0 Å². The molecular weight excluding hydrogens is 252 g/mol. The van der Waals surface area contributed by atoms with Crippen molar-refractivity contribution in [2.75, 3.05) is 5.32 Å². The molecule has 19 heavy (non-hydrogen) atoms. The number of nitro groups is 1. The van der Waals surface area contributed by atoms with E-state index in [1.54, 1.807) is 6.07 Å². The molecule has 0 radical (unpaired) electrons. The second-order valence-corrected chi connectivity index (χ2v) is 3.39. The summed E-state index contributed by atoms with van der Waals surface area (Å²) < 4.78 is 0. The molecule has 1 aromatic heterocycles. The molecule has 0 spiro atoms. The monoisotopic (exact) mass is 258 g/mol. The summed E-state index contributed by atoms with van der Waals surface area (Å²) in [5, 5.41) is 27.8. The standard InChI is InChI=1S/C10H6N6O3/c11-4-6-3-7(16(18)19)1-2-8(6)14-10(17)9-12-5-13-15-9/h1-3,5H,(H,14,17)(H,12,13,15). The number of non-ortho nitro benzene ring substituents is 1. The van der Waals surface area contributed by atoms with Crippen molar-refractivity contribution in [2.45, 2.75) is 0 Å². The van der Waals surface area contributed by atoms with E-state index in [0.29, 0.717) is 0 Å². The third kappa shape index (κ3) is 2.52. The molecule has 0 aliphatic rings. The lowest BCUT2D eigenvalue weighted by Crippen LogP contribution is -2.14. The van der Waals surface area contributed by atoms with Crippen LogP contribution in [0.5, 0.6) is 0 Å². The van der Waals surface area contributed by atoms with Crippen LogP contribution in [0.4, 0.5) is 11.4 Å². The molecule has 94 valence electrons. The maximum atomic E-state index is 11.7. The summed E-state index contributed by atoms with van der Waals surface area (Å²) in [6, 6.07) is 5.33. The predicted molar refractivity (Wildman–Crippen MR) is 62.1 cm³/mol.